The number of anilines is 1. The van der Waals surface area contributed by atoms with Crippen LogP contribution in [0, 0.1) is 12.7 Å². The van der Waals surface area contributed by atoms with Crippen molar-refractivity contribution in [3.63, 3.8) is 0 Å². The highest BCUT2D eigenvalue weighted by Gasteiger charge is 2.33. The standard InChI is InChI=1S/C13H11F4N3O/c1-8-2-3-9(6-10(8)14)18-12(21)7-20-5-4-11(19-20)13(15,16)17/h2-6H,7H2,1H3,(H,18,21). The van der Waals surface area contributed by atoms with Crippen LogP contribution in [0.3, 0.4) is 0 Å². The first kappa shape index (κ1) is 15.0. The molecule has 1 N–H and O–H groups in total. The Kier molecular flexibility index (Phi) is 3.97. The first-order valence-corrected chi connectivity index (χ1v) is 5.92. The van der Waals surface area contributed by atoms with Gasteiger partial charge in [-0.15, -0.1) is 0 Å². The maximum Gasteiger partial charge on any atom is 0.435 e. The minimum Gasteiger partial charge on any atom is -0.324 e. The van der Waals surface area contributed by atoms with Crippen molar-refractivity contribution >= 4 is 11.6 Å². The number of amides is 1. The molecule has 1 amide bonds. The number of nitrogens with zero attached hydrogens (tertiary/aromatic N) is 2. The van der Waals surface area contributed by atoms with E-state index < -0.39 is 30.1 Å². The largest absolute Gasteiger partial charge is 0.435 e. The zero-order chi connectivity index (χ0) is 15.6. The second kappa shape index (κ2) is 5.55. The van der Waals surface area contributed by atoms with Crippen LogP contribution in [-0.2, 0) is 17.5 Å². The molecular weight excluding hydrogens is 290 g/mol. The lowest BCUT2D eigenvalue weighted by Gasteiger charge is -2.07. The number of carbonyl (C=O) groups is 1. The molecule has 2 aromatic rings. The van der Waals surface area contributed by atoms with Crippen molar-refractivity contribution in [3.8, 4) is 0 Å². The van der Waals surface area contributed by atoms with Crippen molar-refractivity contribution < 1.29 is 22.4 Å². The van der Waals surface area contributed by atoms with Gasteiger partial charge in [0.05, 0.1) is 0 Å². The molecule has 0 spiro atoms. The van der Waals surface area contributed by atoms with E-state index in [2.05, 4.69) is 10.4 Å². The Morgan fingerprint density at radius 3 is 2.62 bits per heavy atom. The van der Waals surface area contributed by atoms with Gasteiger partial charge in [0.2, 0.25) is 5.91 Å². The molecule has 8 heteroatoms. The number of hydrogen-bond acceptors (Lipinski definition) is 2. The summed E-state index contributed by atoms with van der Waals surface area (Å²) in [5.74, 6) is -1.08. The number of aromatic nitrogens is 2. The van der Waals surface area contributed by atoms with E-state index in [1.54, 1.807) is 6.92 Å². The Bertz CT molecular complexity index is 664. The first-order valence-electron chi connectivity index (χ1n) is 5.92. The lowest BCUT2D eigenvalue weighted by molar-refractivity contribution is -0.141. The first-order chi connectivity index (χ1) is 9.75. The van der Waals surface area contributed by atoms with Crippen molar-refractivity contribution in [2.45, 2.75) is 19.6 Å². The second-order valence-corrected chi connectivity index (χ2v) is 4.41. The number of halogens is 4. The van der Waals surface area contributed by atoms with Gasteiger partial charge in [-0.3, -0.25) is 9.48 Å². The number of benzene rings is 1. The third-order valence-corrected chi connectivity index (χ3v) is 2.69. The third kappa shape index (κ3) is 3.80. The van der Waals surface area contributed by atoms with Crippen LogP contribution in [0.4, 0.5) is 23.2 Å². The van der Waals surface area contributed by atoms with Crippen LogP contribution in [0.2, 0.25) is 0 Å². The maximum atomic E-state index is 13.3. The number of nitrogens with one attached hydrogen (secondary N) is 1. The topological polar surface area (TPSA) is 46.9 Å². The number of aryl methyl sites for hydroxylation is 1. The lowest BCUT2D eigenvalue weighted by Crippen LogP contribution is -2.19. The maximum absolute atomic E-state index is 13.3. The molecule has 0 radical (unpaired) electrons. The van der Waals surface area contributed by atoms with Gasteiger partial charge in [0.15, 0.2) is 5.69 Å². The van der Waals surface area contributed by atoms with E-state index in [4.69, 9.17) is 0 Å². The molecule has 0 aliphatic heterocycles. The molecule has 0 aliphatic rings. The Hall–Kier alpha value is -2.38. The fourth-order valence-corrected chi connectivity index (χ4v) is 1.62. The monoisotopic (exact) mass is 301 g/mol. The molecule has 1 aromatic heterocycles. The summed E-state index contributed by atoms with van der Waals surface area (Å²) < 4.78 is 51.2. The molecule has 0 fully saturated rings. The van der Waals surface area contributed by atoms with Crippen LogP contribution in [0.25, 0.3) is 0 Å². The van der Waals surface area contributed by atoms with E-state index in [1.807, 2.05) is 0 Å². The van der Waals surface area contributed by atoms with Gasteiger partial charge in [0.1, 0.15) is 12.4 Å². The van der Waals surface area contributed by atoms with Crippen molar-refractivity contribution in [2.75, 3.05) is 5.32 Å². The summed E-state index contributed by atoms with van der Waals surface area (Å²) in [6.45, 7) is 1.18. The Balaban J connectivity index is 2.01. The van der Waals surface area contributed by atoms with E-state index in [0.29, 0.717) is 5.56 Å². The zero-order valence-electron chi connectivity index (χ0n) is 10.9. The molecule has 112 valence electrons. The fraction of sp³-hybridized carbons (Fsp3) is 0.231. The Morgan fingerprint density at radius 2 is 2.05 bits per heavy atom. The highest BCUT2D eigenvalue weighted by molar-refractivity contribution is 5.90. The summed E-state index contributed by atoms with van der Waals surface area (Å²) in [4.78, 5) is 11.7. The van der Waals surface area contributed by atoms with Gasteiger partial charge >= 0.3 is 6.18 Å². The van der Waals surface area contributed by atoms with Crippen LogP contribution < -0.4 is 5.32 Å². The van der Waals surface area contributed by atoms with Gasteiger partial charge in [0.25, 0.3) is 0 Å². The van der Waals surface area contributed by atoms with Gasteiger partial charge in [-0.1, -0.05) is 6.07 Å². The summed E-state index contributed by atoms with van der Waals surface area (Å²) in [6, 6.07) is 4.90. The van der Waals surface area contributed by atoms with Gasteiger partial charge in [-0.25, -0.2) is 4.39 Å². The van der Waals surface area contributed by atoms with Gasteiger partial charge in [-0.05, 0) is 30.7 Å². The molecule has 0 bridgehead atoms. The molecule has 4 nitrogen and oxygen atoms in total. The van der Waals surface area contributed by atoms with Crippen LogP contribution in [-0.4, -0.2) is 15.7 Å². The number of alkyl halides is 3. The summed E-state index contributed by atoms with van der Waals surface area (Å²) in [6.07, 6.45) is -3.50. The average molecular weight is 301 g/mol. The molecule has 0 saturated heterocycles. The van der Waals surface area contributed by atoms with Crippen LogP contribution in [0.15, 0.2) is 30.5 Å². The van der Waals surface area contributed by atoms with Crippen molar-refractivity contribution in [1.82, 2.24) is 9.78 Å². The molecule has 0 aliphatic carbocycles. The quantitative estimate of drug-likeness (QED) is 0.886. The van der Waals surface area contributed by atoms with Crippen molar-refractivity contribution in [1.29, 1.82) is 0 Å². The summed E-state index contributed by atoms with van der Waals surface area (Å²) in [5.41, 5.74) is -0.419. The predicted molar refractivity (Wildman–Crippen MR) is 67.0 cm³/mol. The number of carbonyl (C=O) groups excluding carboxylic acids is 1. The van der Waals surface area contributed by atoms with Crippen LogP contribution >= 0.6 is 0 Å². The molecule has 1 heterocycles. The Labute approximate surface area is 117 Å². The van der Waals surface area contributed by atoms with E-state index >= 15 is 0 Å². The number of hydrogen-bond donors (Lipinski definition) is 1. The number of rotatable bonds is 3. The fourth-order valence-electron chi connectivity index (χ4n) is 1.62. The van der Waals surface area contributed by atoms with Crippen LogP contribution in [0.1, 0.15) is 11.3 Å². The second-order valence-electron chi connectivity index (χ2n) is 4.41. The van der Waals surface area contributed by atoms with Gasteiger partial charge in [0, 0.05) is 11.9 Å². The van der Waals surface area contributed by atoms with Gasteiger partial charge < -0.3 is 5.32 Å². The molecule has 21 heavy (non-hydrogen) atoms. The molecule has 0 unspecified atom stereocenters. The summed E-state index contributed by atoms with van der Waals surface area (Å²) >= 11 is 0. The average Bonchev–Trinajstić information content (AvgIpc) is 2.82. The normalized spacial score (nSPS) is 11.5. The Morgan fingerprint density at radius 1 is 1.33 bits per heavy atom. The minimum absolute atomic E-state index is 0.228. The predicted octanol–water partition coefficient (Wildman–Crippen LogP) is 2.99. The summed E-state index contributed by atoms with van der Waals surface area (Å²) in [7, 11) is 0. The zero-order valence-corrected chi connectivity index (χ0v) is 10.9. The van der Waals surface area contributed by atoms with E-state index in [0.717, 1.165) is 23.0 Å². The van der Waals surface area contributed by atoms with Crippen LogP contribution in [0.5, 0.6) is 0 Å². The highest BCUT2D eigenvalue weighted by atomic mass is 19.4. The molecule has 2 rings (SSSR count). The molecule has 1 aromatic carbocycles. The van der Waals surface area contributed by atoms with Gasteiger partial charge in [-0.2, -0.15) is 18.3 Å². The third-order valence-electron chi connectivity index (χ3n) is 2.69. The van der Waals surface area contributed by atoms with E-state index in [9.17, 15) is 22.4 Å². The minimum atomic E-state index is -4.55. The van der Waals surface area contributed by atoms with E-state index in [1.165, 1.54) is 12.1 Å². The van der Waals surface area contributed by atoms with Crippen molar-refractivity contribution in [2.24, 2.45) is 0 Å². The molecule has 0 saturated carbocycles. The van der Waals surface area contributed by atoms with Crippen molar-refractivity contribution in [3.05, 3.63) is 47.5 Å². The summed E-state index contributed by atoms with van der Waals surface area (Å²) in [5, 5.41) is 5.64. The molecular formula is C13H11F4N3O. The lowest BCUT2D eigenvalue weighted by atomic mass is 10.2. The smallest absolute Gasteiger partial charge is 0.324 e. The molecule has 0 atom stereocenters. The highest BCUT2D eigenvalue weighted by Crippen LogP contribution is 2.27. The van der Waals surface area contributed by atoms with E-state index in [-0.39, 0.29) is 5.69 Å². The SMILES string of the molecule is Cc1ccc(NC(=O)Cn2ccc(C(F)(F)F)n2)cc1F.